The van der Waals surface area contributed by atoms with Gasteiger partial charge in [-0.15, -0.1) is 0 Å². The number of anilines is 1. The molecule has 6 heteroatoms. The highest BCUT2D eigenvalue weighted by atomic mass is 79.9. The normalized spacial score (nSPS) is 11.2. The highest BCUT2D eigenvalue weighted by Crippen LogP contribution is 2.41. The van der Waals surface area contributed by atoms with E-state index in [0.717, 1.165) is 20.1 Å². The van der Waals surface area contributed by atoms with E-state index in [1.165, 1.54) is 0 Å². The van der Waals surface area contributed by atoms with Crippen LogP contribution in [0.4, 0.5) is 5.69 Å². The number of nitrogens with zero attached hydrogens (tertiary/aromatic N) is 1. The van der Waals surface area contributed by atoms with Crippen LogP contribution in [0.15, 0.2) is 37.6 Å². The van der Waals surface area contributed by atoms with Crippen LogP contribution >= 0.6 is 43.5 Å². The summed E-state index contributed by atoms with van der Waals surface area (Å²) in [4.78, 5) is 4.47. The number of nitrogens with two attached hydrogens (primary N) is 1. The maximum absolute atomic E-state index is 6.05. The Morgan fingerprint density at radius 1 is 1.25 bits per heavy atom. The summed E-state index contributed by atoms with van der Waals surface area (Å²) >= 11 is 13.0. The van der Waals surface area contributed by atoms with Crippen LogP contribution < -0.4 is 5.73 Å². The number of fused-ring (bicyclic) bond motifs is 1. The minimum Gasteiger partial charge on any atom is -0.436 e. The van der Waals surface area contributed by atoms with E-state index in [4.69, 9.17) is 21.8 Å². The monoisotopic (exact) mass is 414 g/mol. The summed E-state index contributed by atoms with van der Waals surface area (Å²) in [6, 6.07) is 7.28. The quantitative estimate of drug-likeness (QED) is 0.528. The van der Waals surface area contributed by atoms with Crippen molar-refractivity contribution in [3.8, 4) is 11.5 Å². The molecule has 0 saturated carbocycles. The first-order valence-electron chi connectivity index (χ1n) is 5.78. The molecule has 3 rings (SSSR count). The third kappa shape index (κ3) is 2.24. The molecule has 0 radical (unpaired) electrons. The standard InChI is InChI=1S/C14H9Br2ClN2O/c1-6-4-8(15)11(12(16)13(6)18)14-19-9-5-7(17)2-3-10(9)20-14/h2-5H,18H2,1H3. The van der Waals surface area contributed by atoms with Gasteiger partial charge in [-0.05, 0) is 68.6 Å². The van der Waals surface area contributed by atoms with Gasteiger partial charge in [0.1, 0.15) is 5.52 Å². The van der Waals surface area contributed by atoms with Gasteiger partial charge in [0.15, 0.2) is 5.58 Å². The summed E-state index contributed by atoms with van der Waals surface area (Å²) in [5.74, 6) is 0.493. The van der Waals surface area contributed by atoms with Crippen molar-refractivity contribution in [2.75, 3.05) is 5.73 Å². The van der Waals surface area contributed by atoms with E-state index >= 15 is 0 Å². The van der Waals surface area contributed by atoms with Crippen LogP contribution in [-0.2, 0) is 0 Å². The van der Waals surface area contributed by atoms with E-state index < -0.39 is 0 Å². The zero-order chi connectivity index (χ0) is 14.4. The van der Waals surface area contributed by atoms with Gasteiger partial charge in [0, 0.05) is 15.2 Å². The average Bonchev–Trinajstić information content (AvgIpc) is 2.78. The van der Waals surface area contributed by atoms with Gasteiger partial charge in [-0.2, -0.15) is 0 Å². The molecule has 3 nitrogen and oxygen atoms in total. The Hall–Kier alpha value is -1.04. The molecule has 3 aromatic rings. The fraction of sp³-hybridized carbons (Fsp3) is 0.0714. The number of hydrogen-bond donors (Lipinski definition) is 1. The Kier molecular flexibility index (Phi) is 3.52. The van der Waals surface area contributed by atoms with E-state index in [-0.39, 0.29) is 0 Å². The fourth-order valence-corrected chi connectivity index (χ4v) is 3.80. The first-order valence-corrected chi connectivity index (χ1v) is 7.74. The van der Waals surface area contributed by atoms with Crippen molar-refractivity contribution in [1.82, 2.24) is 4.98 Å². The molecule has 0 unspecified atom stereocenters. The minimum atomic E-state index is 0.493. The molecular weight excluding hydrogens is 407 g/mol. The average molecular weight is 417 g/mol. The lowest BCUT2D eigenvalue weighted by atomic mass is 10.1. The second kappa shape index (κ2) is 5.06. The van der Waals surface area contributed by atoms with Crippen molar-refractivity contribution in [2.45, 2.75) is 6.92 Å². The van der Waals surface area contributed by atoms with Crippen molar-refractivity contribution in [1.29, 1.82) is 0 Å². The molecule has 102 valence electrons. The molecule has 0 aliphatic rings. The Labute approximate surface area is 137 Å². The predicted molar refractivity (Wildman–Crippen MR) is 89.0 cm³/mol. The number of aromatic nitrogens is 1. The number of nitrogen functional groups attached to an aromatic ring is 1. The molecule has 0 bridgehead atoms. The van der Waals surface area contributed by atoms with Gasteiger partial charge >= 0.3 is 0 Å². The van der Waals surface area contributed by atoms with E-state index in [2.05, 4.69) is 36.8 Å². The van der Waals surface area contributed by atoms with E-state index in [1.54, 1.807) is 18.2 Å². The summed E-state index contributed by atoms with van der Waals surface area (Å²) in [6.07, 6.45) is 0. The molecule has 0 atom stereocenters. The van der Waals surface area contributed by atoms with Crippen molar-refractivity contribution < 1.29 is 4.42 Å². The third-order valence-electron chi connectivity index (χ3n) is 3.03. The Morgan fingerprint density at radius 2 is 2.00 bits per heavy atom. The number of aryl methyl sites for hydroxylation is 1. The molecule has 2 aromatic carbocycles. The molecule has 1 heterocycles. The van der Waals surface area contributed by atoms with Gasteiger partial charge in [0.2, 0.25) is 5.89 Å². The Balaban J connectivity index is 2.28. The third-order valence-corrected chi connectivity index (χ3v) is 4.71. The van der Waals surface area contributed by atoms with Crippen LogP contribution in [0.25, 0.3) is 22.6 Å². The van der Waals surface area contributed by atoms with Crippen molar-refractivity contribution >= 4 is 60.2 Å². The lowest BCUT2D eigenvalue weighted by Gasteiger charge is -2.09. The van der Waals surface area contributed by atoms with E-state index in [0.29, 0.717) is 27.7 Å². The topological polar surface area (TPSA) is 52.0 Å². The molecule has 2 N–H and O–H groups in total. The molecule has 0 saturated heterocycles. The lowest BCUT2D eigenvalue weighted by molar-refractivity contribution is 0.619. The van der Waals surface area contributed by atoms with Gasteiger partial charge in [-0.1, -0.05) is 11.6 Å². The summed E-state index contributed by atoms with van der Waals surface area (Å²) in [6.45, 7) is 1.94. The van der Waals surface area contributed by atoms with Gasteiger partial charge in [0.25, 0.3) is 0 Å². The summed E-state index contributed by atoms with van der Waals surface area (Å²) in [5.41, 5.74) is 9.89. The molecule has 0 amide bonds. The maximum Gasteiger partial charge on any atom is 0.229 e. The van der Waals surface area contributed by atoms with E-state index in [9.17, 15) is 0 Å². The van der Waals surface area contributed by atoms with Crippen LogP contribution in [0.5, 0.6) is 0 Å². The molecule has 0 aliphatic carbocycles. The van der Waals surface area contributed by atoms with Crippen molar-refractivity contribution in [3.05, 3.63) is 43.8 Å². The Bertz CT molecular complexity index is 830. The molecule has 0 aliphatic heterocycles. The van der Waals surface area contributed by atoms with Gasteiger partial charge < -0.3 is 10.2 Å². The Morgan fingerprint density at radius 3 is 2.75 bits per heavy atom. The second-order valence-corrected chi connectivity index (χ2v) is 6.49. The maximum atomic E-state index is 6.05. The van der Waals surface area contributed by atoms with Crippen LogP contribution in [0.2, 0.25) is 5.02 Å². The summed E-state index contributed by atoms with van der Waals surface area (Å²) < 4.78 is 7.42. The fourth-order valence-electron chi connectivity index (χ4n) is 1.96. The van der Waals surface area contributed by atoms with Gasteiger partial charge in [-0.25, -0.2) is 4.98 Å². The minimum absolute atomic E-state index is 0.493. The van der Waals surface area contributed by atoms with Crippen LogP contribution in [0.3, 0.4) is 0 Å². The number of halogens is 3. The second-order valence-electron chi connectivity index (χ2n) is 4.41. The smallest absolute Gasteiger partial charge is 0.229 e. The molecule has 0 fully saturated rings. The molecule has 20 heavy (non-hydrogen) atoms. The number of benzene rings is 2. The first kappa shape index (κ1) is 13.9. The van der Waals surface area contributed by atoms with Crippen molar-refractivity contribution in [2.24, 2.45) is 0 Å². The zero-order valence-corrected chi connectivity index (χ0v) is 14.3. The number of oxazole rings is 1. The molecular formula is C14H9Br2ClN2O. The highest BCUT2D eigenvalue weighted by molar-refractivity contribution is 9.11. The van der Waals surface area contributed by atoms with Crippen LogP contribution in [0, 0.1) is 6.92 Å². The first-order chi connectivity index (χ1) is 9.47. The highest BCUT2D eigenvalue weighted by Gasteiger charge is 2.18. The summed E-state index contributed by atoms with van der Waals surface area (Å²) in [7, 11) is 0. The SMILES string of the molecule is Cc1cc(Br)c(-c2nc3cc(Cl)ccc3o2)c(Br)c1N. The predicted octanol–water partition coefficient (Wildman–Crippen LogP) is 5.56. The van der Waals surface area contributed by atoms with Crippen molar-refractivity contribution in [3.63, 3.8) is 0 Å². The zero-order valence-electron chi connectivity index (χ0n) is 10.4. The molecule has 0 spiro atoms. The van der Waals surface area contributed by atoms with Crippen LogP contribution in [0.1, 0.15) is 5.56 Å². The number of rotatable bonds is 1. The van der Waals surface area contributed by atoms with Crippen LogP contribution in [-0.4, -0.2) is 4.98 Å². The lowest BCUT2D eigenvalue weighted by Crippen LogP contribution is -1.94. The number of hydrogen-bond acceptors (Lipinski definition) is 3. The van der Waals surface area contributed by atoms with Gasteiger partial charge in [-0.3, -0.25) is 0 Å². The van der Waals surface area contributed by atoms with E-state index in [1.807, 2.05) is 13.0 Å². The molecule has 1 aromatic heterocycles. The van der Waals surface area contributed by atoms with Gasteiger partial charge in [0.05, 0.1) is 10.0 Å². The largest absolute Gasteiger partial charge is 0.436 e. The summed E-state index contributed by atoms with van der Waals surface area (Å²) in [5, 5.41) is 0.624.